The fourth-order valence-corrected chi connectivity index (χ4v) is 5.18. The zero-order chi connectivity index (χ0) is 25.0. The number of nitrogens with zero attached hydrogens (tertiary/aromatic N) is 2. The van der Waals surface area contributed by atoms with Gasteiger partial charge in [-0.3, -0.25) is 24.4 Å². The van der Waals surface area contributed by atoms with Gasteiger partial charge in [-0.25, -0.2) is 0 Å². The molecule has 0 spiro atoms. The van der Waals surface area contributed by atoms with Crippen LogP contribution in [0, 0.1) is 22.9 Å². The van der Waals surface area contributed by atoms with E-state index < -0.39 is 21.6 Å². The molecule has 2 N–H and O–H groups in total. The molecule has 0 saturated carbocycles. The Morgan fingerprint density at radius 1 is 0.765 bits per heavy atom. The number of carbonyl (C=O) groups excluding carboxylic acids is 2. The van der Waals surface area contributed by atoms with Crippen molar-refractivity contribution in [2.75, 3.05) is 11.5 Å². The predicted octanol–water partition coefficient (Wildman–Crippen LogP) is 3.41. The Balaban J connectivity index is 1.96. The Morgan fingerprint density at radius 3 is 1.44 bits per heavy atom. The molecule has 8 heteroatoms. The van der Waals surface area contributed by atoms with Gasteiger partial charge in [0.1, 0.15) is 0 Å². The Kier molecular flexibility index (Phi) is 9.97. The summed E-state index contributed by atoms with van der Waals surface area (Å²) in [5.74, 6) is 0.0619. The van der Waals surface area contributed by atoms with E-state index in [0.29, 0.717) is 37.2 Å². The molecule has 2 amide bonds. The zero-order valence-electron chi connectivity index (χ0n) is 19.5. The molecule has 2 aromatic rings. The molecule has 7 nitrogen and oxygen atoms in total. The molecule has 2 aromatic carbocycles. The molecular weight excluding hydrogens is 448 g/mol. The first kappa shape index (κ1) is 26.8. The maximum absolute atomic E-state index is 12.7. The van der Waals surface area contributed by atoms with Crippen LogP contribution >= 0.6 is 0 Å². The number of rotatable bonds is 12. The fourth-order valence-electron chi connectivity index (χ4n) is 4.04. The van der Waals surface area contributed by atoms with Crippen molar-refractivity contribution in [3.63, 3.8) is 0 Å². The molecule has 0 aliphatic carbocycles. The van der Waals surface area contributed by atoms with E-state index in [-0.39, 0.29) is 11.8 Å². The molecule has 0 saturated heterocycles. The van der Waals surface area contributed by atoms with Gasteiger partial charge in [-0.2, -0.15) is 10.5 Å². The van der Waals surface area contributed by atoms with Gasteiger partial charge in [-0.1, -0.05) is 60.7 Å². The summed E-state index contributed by atoms with van der Waals surface area (Å²) in [7, 11) is -1.13. The van der Waals surface area contributed by atoms with Crippen LogP contribution in [0.4, 0.5) is 0 Å². The highest BCUT2D eigenvalue weighted by molar-refractivity contribution is 7.84. The topological polar surface area (TPSA) is 123 Å². The minimum Gasteiger partial charge on any atom is -0.273 e. The van der Waals surface area contributed by atoms with Crippen molar-refractivity contribution in [3.05, 3.63) is 71.8 Å². The summed E-state index contributed by atoms with van der Waals surface area (Å²) >= 11 is 0. The second-order valence-electron chi connectivity index (χ2n) is 8.58. The van der Waals surface area contributed by atoms with Crippen LogP contribution in [0.5, 0.6) is 0 Å². The van der Waals surface area contributed by atoms with E-state index in [1.807, 2.05) is 60.7 Å². The monoisotopic (exact) mass is 478 g/mol. The molecule has 0 radical (unpaired) electrons. The van der Waals surface area contributed by atoms with E-state index in [9.17, 15) is 13.8 Å². The van der Waals surface area contributed by atoms with Gasteiger partial charge in [0.05, 0.1) is 10.8 Å². The van der Waals surface area contributed by atoms with E-state index in [0.717, 1.165) is 11.1 Å². The van der Waals surface area contributed by atoms with Crippen LogP contribution in [-0.4, -0.2) is 27.5 Å². The molecule has 2 atom stereocenters. The Labute approximate surface area is 203 Å². The van der Waals surface area contributed by atoms with Gasteiger partial charge in [-0.15, -0.1) is 0 Å². The van der Waals surface area contributed by atoms with Crippen molar-refractivity contribution >= 4 is 22.6 Å². The van der Waals surface area contributed by atoms with Crippen molar-refractivity contribution < 1.29 is 13.8 Å². The van der Waals surface area contributed by atoms with Crippen LogP contribution in [0.2, 0.25) is 0 Å². The summed E-state index contributed by atoms with van der Waals surface area (Å²) in [6, 6.07) is 18.5. The summed E-state index contributed by atoms with van der Waals surface area (Å²) in [5, 5.41) is 22.3. The van der Waals surface area contributed by atoms with Crippen molar-refractivity contribution in [3.8, 4) is 12.4 Å². The van der Waals surface area contributed by atoms with Crippen molar-refractivity contribution in [2.24, 2.45) is 0 Å². The minimum atomic E-state index is -1.13. The highest BCUT2D eigenvalue weighted by Gasteiger charge is 2.36. The second-order valence-corrected chi connectivity index (χ2v) is 10.3. The molecule has 2 rings (SSSR count). The standard InChI is InChI=1S/C26H30N4O3S/c1-25(23(31)29-19-27,21-11-5-3-6-12-21)15-9-17-34(33)18-10-16-26(2,24(32)30-20-28)22-13-7-4-8-14-22/h3-8,11-14H,9-10,15-18H2,1-2H3,(H,29,31)(H,30,32). The van der Waals surface area contributed by atoms with E-state index in [4.69, 9.17) is 10.5 Å². The number of benzene rings is 2. The fraction of sp³-hybridized carbons (Fsp3) is 0.385. The van der Waals surface area contributed by atoms with E-state index >= 15 is 0 Å². The molecule has 0 bridgehead atoms. The first-order valence-electron chi connectivity index (χ1n) is 11.1. The molecular formula is C26H30N4O3S. The number of nitriles is 2. The number of hydrogen-bond donors (Lipinski definition) is 2. The molecule has 0 aliphatic heterocycles. The molecule has 0 aromatic heterocycles. The van der Waals surface area contributed by atoms with Crippen molar-refractivity contribution in [2.45, 2.75) is 50.4 Å². The average Bonchev–Trinajstić information content (AvgIpc) is 2.85. The first-order chi connectivity index (χ1) is 16.3. The lowest BCUT2D eigenvalue weighted by Gasteiger charge is -2.28. The van der Waals surface area contributed by atoms with E-state index in [2.05, 4.69) is 10.6 Å². The SMILES string of the molecule is CC(CCCS(=O)CCCC(C)(C(=O)NC#N)c1ccccc1)(C(=O)NC#N)c1ccccc1. The van der Waals surface area contributed by atoms with Crippen molar-refractivity contribution in [1.29, 1.82) is 10.5 Å². The Bertz CT molecular complexity index is 993. The number of carbonyl (C=O) groups is 2. The van der Waals surface area contributed by atoms with Crippen LogP contribution in [0.1, 0.15) is 50.7 Å². The summed E-state index contributed by atoms with van der Waals surface area (Å²) < 4.78 is 12.7. The molecule has 0 aliphatic rings. The third kappa shape index (κ3) is 6.76. The molecule has 2 unspecified atom stereocenters. The number of nitrogens with one attached hydrogen (secondary N) is 2. The Hall–Kier alpha value is -3.49. The van der Waals surface area contributed by atoms with Crippen molar-refractivity contribution in [1.82, 2.24) is 10.6 Å². The smallest absolute Gasteiger partial charge is 0.243 e. The summed E-state index contributed by atoms with van der Waals surface area (Å²) in [4.78, 5) is 25.2. The van der Waals surface area contributed by atoms with Gasteiger partial charge >= 0.3 is 0 Å². The highest BCUT2D eigenvalue weighted by Crippen LogP contribution is 2.31. The summed E-state index contributed by atoms with van der Waals surface area (Å²) in [6.07, 6.45) is 5.39. The minimum absolute atomic E-state index is 0.380. The highest BCUT2D eigenvalue weighted by atomic mass is 32.2. The third-order valence-electron chi connectivity index (χ3n) is 6.26. The first-order valence-corrected chi connectivity index (χ1v) is 12.6. The summed E-state index contributed by atoms with van der Waals surface area (Å²) in [6.45, 7) is 3.58. The van der Waals surface area contributed by atoms with Crippen LogP contribution in [-0.2, 0) is 31.2 Å². The van der Waals surface area contributed by atoms with Crippen LogP contribution in [0.25, 0.3) is 0 Å². The second kappa shape index (κ2) is 12.7. The van der Waals surface area contributed by atoms with Gasteiger partial charge in [0, 0.05) is 22.3 Å². The maximum Gasteiger partial charge on any atom is 0.243 e. The summed E-state index contributed by atoms with van der Waals surface area (Å²) in [5.41, 5.74) is -0.198. The quantitative estimate of drug-likeness (QED) is 0.357. The third-order valence-corrected chi connectivity index (χ3v) is 7.75. The molecule has 0 fully saturated rings. The lowest BCUT2D eigenvalue weighted by Crippen LogP contribution is -2.41. The molecule has 34 heavy (non-hydrogen) atoms. The zero-order valence-corrected chi connectivity index (χ0v) is 20.4. The number of hydrogen-bond acceptors (Lipinski definition) is 5. The molecule has 0 heterocycles. The average molecular weight is 479 g/mol. The largest absolute Gasteiger partial charge is 0.273 e. The predicted molar refractivity (Wildman–Crippen MR) is 131 cm³/mol. The van der Waals surface area contributed by atoms with Crippen LogP contribution in [0.3, 0.4) is 0 Å². The Morgan fingerprint density at radius 2 is 1.12 bits per heavy atom. The molecule has 178 valence electrons. The number of amides is 2. The van der Waals surface area contributed by atoms with E-state index in [1.165, 1.54) is 0 Å². The van der Waals surface area contributed by atoms with Crippen LogP contribution in [0.15, 0.2) is 60.7 Å². The lowest BCUT2D eigenvalue weighted by atomic mass is 9.78. The lowest BCUT2D eigenvalue weighted by molar-refractivity contribution is -0.126. The maximum atomic E-state index is 12.7. The van der Waals surface area contributed by atoms with E-state index in [1.54, 1.807) is 26.2 Å². The van der Waals surface area contributed by atoms with Gasteiger partial charge in [-0.05, 0) is 50.7 Å². The normalized spacial score (nSPS) is 14.9. The van der Waals surface area contributed by atoms with Crippen LogP contribution < -0.4 is 10.6 Å². The van der Waals surface area contributed by atoms with Gasteiger partial charge < -0.3 is 0 Å². The van der Waals surface area contributed by atoms with Gasteiger partial charge in [0.2, 0.25) is 11.8 Å². The van der Waals surface area contributed by atoms with Gasteiger partial charge in [0.15, 0.2) is 12.4 Å². The van der Waals surface area contributed by atoms with Gasteiger partial charge in [0.25, 0.3) is 0 Å².